The summed E-state index contributed by atoms with van der Waals surface area (Å²) in [6, 6.07) is 0. The summed E-state index contributed by atoms with van der Waals surface area (Å²) < 4.78 is 0. The summed E-state index contributed by atoms with van der Waals surface area (Å²) in [6.45, 7) is 3.98. The Balaban J connectivity index is 2.85. The van der Waals surface area contributed by atoms with Crippen molar-refractivity contribution in [2.24, 2.45) is 0 Å². The van der Waals surface area contributed by atoms with Gasteiger partial charge in [-0.15, -0.1) is 5.10 Å². The van der Waals surface area contributed by atoms with E-state index < -0.39 is 0 Å². The van der Waals surface area contributed by atoms with E-state index in [2.05, 4.69) is 10.3 Å². The zero-order chi connectivity index (χ0) is 6.85. The summed E-state index contributed by atoms with van der Waals surface area (Å²) >= 11 is 0. The van der Waals surface area contributed by atoms with Crippen molar-refractivity contribution < 1.29 is 5.21 Å². The number of rotatable bonds is 1. The van der Waals surface area contributed by atoms with Gasteiger partial charge in [0.05, 0.1) is 11.9 Å². The summed E-state index contributed by atoms with van der Waals surface area (Å²) in [7, 11) is 0. The molecule has 1 heterocycles. The lowest BCUT2D eigenvalue weighted by Gasteiger charge is -1.92. The van der Waals surface area contributed by atoms with Crippen LogP contribution in [0.3, 0.4) is 0 Å². The molecule has 0 spiro atoms. The smallest absolute Gasteiger partial charge is 0.0903 e. The SMILES string of the molecule is CC(C)c1cn(O)nn1. The number of aromatic nitrogens is 3. The van der Waals surface area contributed by atoms with Gasteiger partial charge in [-0.1, -0.05) is 18.7 Å². The van der Waals surface area contributed by atoms with Gasteiger partial charge in [0.2, 0.25) is 0 Å². The second-order valence-electron chi connectivity index (χ2n) is 2.22. The van der Waals surface area contributed by atoms with Gasteiger partial charge in [-0.05, 0) is 11.1 Å². The molecule has 0 saturated carbocycles. The Morgan fingerprint density at radius 3 is 2.56 bits per heavy atom. The molecule has 1 rings (SSSR count). The highest BCUT2D eigenvalue weighted by molar-refractivity contribution is 4.96. The lowest BCUT2D eigenvalue weighted by atomic mass is 10.2. The lowest BCUT2D eigenvalue weighted by molar-refractivity contribution is 0.143. The van der Waals surface area contributed by atoms with E-state index in [0.717, 1.165) is 10.5 Å². The van der Waals surface area contributed by atoms with Crippen LogP contribution in [-0.4, -0.2) is 20.4 Å². The Labute approximate surface area is 53.1 Å². The Bertz CT molecular complexity index is 194. The molecule has 1 N–H and O–H groups in total. The van der Waals surface area contributed by atoms with E-state index in [0.29, 0.717) is 5.92 Å². The van der Waals surface area contributed by atoms with Crippen LogP contribution in [0.25, 0.3) is 0 Å². The maximum atomic E-state index is 8.64. The molecule has 0 aliphatic rings. The molecule has 0 aliphatic carbocycles. The third kappa shape index (κ3) is 1.19. The average molecular weight is 127 g/mol. The van der Waals surface area contributed by atoms with Crippen LogP contribution < -0.4 is 0 Å². The Morgan fingerprint density at radius 2 is 2.33 bits per heavy atom. The normalized spacial score (nSPS) is 10.6. The van der Waals surface area contributed by atoms with Crippen molar-refractivity contribution in [2.75, 3.05) is 0 Å². The first-order valence-electron chi connectivity index (χ1n) is 2.81. The summed E-state index contributed by atoms with van der Waals surface area (Å²) in [4.78, 5) is 0.718. The maximum absolute atomic E-state index is 8.64. The maximum Gasteiger partial charge on any atom is 0.0903 e. The summed E-state index contributed by atoms with van der Waals surface area (Å²) in [5.41, 5.74) is 0.803. The van der Waals surface area contributed by atoms with Crippen molar-refractivity contribution in [3.63, 3.8) is 0 Å². The molecule has 0 saturated heterocycles. The van der Waals surface area contributed by atoms with Gasteiger partial charge in [0.1, 0.15) is 0 Å². The van der Waals surface area contributed by atoms with Gasteiger partial charge in [0, 0.05) is 0 Å². The molecule has 0 aliphatic heterocycles. The molecule has 0 unspecified atom stereocenters. The van der Waals surface area contributed by atoms with Gasteiger partial charge in [0.15, 0.2) is 0 Å². The minimum absolute atomic E-state index is 0.325. The van der Waals surface area contributed by atoms with E-state index in [9.17, 15) is 0 Å². The zero-order valence-corrected chi connectivity index (χ0v) is 5.44. The quantitative estimate of drug-likeness (QED) is 0.563. The van der Waals surface area contributed by atoms with Crippen LogP contribution in [0.1, 0.15) is 25.5 Å². The van der Waals surface area contributed by atoms with Crippen molar-refractivity contribution in [2.45, 2.75) is 19.8 Å². The molecule has 4 nitrogen and oxygen atoms in total. The molecule has 4 heteroatoms. The van der Waals surface area contributed by atoms with E-state index >= 15 is 0 Å². The number of hydrogen-bond donors (Lipinski definition) is 1. The highest BCUT2D eigenvalue weighted by atomic mass is 16.5. The Morgan fingerprint density at radius 1 is 1.67 bits per heavy atom. The van der Waals surface area contributed by atoms with Crippen LogP contribution in [0, 0.1) is 0 Å². The van der Waals surface area contributed by atoms with E-state index in [4.69, 9.17) is 5.21 Å². The van der Waals surface area contributed by atoms with Gasteiger partial charge in [-0.3, -0.25) is 0 Å². The number of hydrogen-bond acceptors (Lipinski definition) is 3. The molecule has 1 aromatic rings. The highest BCUT2D eigenvalue weighted by Gasteiger charge is 2.02. The second kappa shape index (κ2) is 2.05. The molecule has 50 valence electrons. The standard InChI is InChI=1S/C5H9N3O/c1-4(2)5-3-8(9)7-6-5/h3-4,9H,1-2H3. The molecule has 0 aromatic carbocycles. The average Bonchev–Trinajstić information content (AvgIpc) is 2.14. The number of nitrogens with zero attached hydrogens (tertiary/aromatic N) is 3. The van der Waals surface area contributed by atoms with E-state index in [1.165, 1.54) is 6.20 Å². The first-order chi connectivity index (χ1) is 4.20. The predicted molar refractivity (Wildman–Crippen MR) is 31.3 cm³/mol. The third-order valence-corrected chi connectivity index (χ3v) is 1.09. The van der Waals surface area contributed by atoms with E-state index in [1.807, 2.05) is 13.8 Å². The first-order valence-corrected chi connectivity index (χ1v) is 2.81. The molecule has 0 atom stereocenters. The van der Waals surface area contributed by atoms with E-state index in [1.54, 1.807) is 0 Å². The van der Waals surface area contributed by atoms with Gasteiger partial charge in [-0.25, -0.2) is 0 Å². The van der Waals surface area contributed by atoms with Crippen LogP contribution in [0.4, 0.5) is 0 Å². The van der Waals surface area contributed by atoms with Crippen LogP contribution >= 0.6 is 0 Å². The predicted octanol–water partition coefficient (Wildman–Crippen LogP) is 0.639. The highest BCUT2D eigenvalue weighted by Crippen LogP contribution is 2.07. The molecule has 9 heavy (non-hydrogen) atoms. The summed E-state index contributed by atoms with van der Waals surface area (Å²) in [6.07, 6.45) is 1.49. The van der Waals surface area contributed by atoms with Crippen LogP contribution in [0.15, 0.2) is 6.20 Å². The van der Waals surface area contributed by atoms with Crippen molar-refractivity contribution in [1.29, 1.82) is 0 Å². The largest absolute Gasteiger partial charge is 0.411 e. The third-order valence-electron chi connectivity index (χ3n) is 1.09. The molecule has 0 amide bonds. The van der Waals surface area contributed by atoms with Gasteiger partial charge in [-0.2, -0.15) is 0 Å². The van der Waals surface area contributed by atoms with Gasteiger partial charge in [0.25, 0.3) is 0 Å². The van der Waals surface area contributed by atoms with Crippen molar-refractivity contribution >= 4 is 0 Å². The van der Waals surface area contributed by atoms with Gasteiger partial charge < -0.3 is 5.21 Å². The molecule has 0 bridgehead atoms. The molecule has 1 aromatic heterocycles. The minimum Gasteiger partial charge on any atom is -0.411 e. The van der Waals surface area contributed by atoms with Crippen LogP contribution in [-0.2, 0) is 0 Å². The van der Waals surface area contributed by atoms with Gasteiger partial charge >= 0.3 is 0 Å². The van der Waals surface area contributed by atoms with Crippen molar-refractivity contribution in [3.8, 4) is 0 Å². The molecule has 0 radical (unpaired) electrons. The zero-order valence-electron chi connectivity index (χ0n) is 5.44. The lowest BCUT2D eigenvalue weighted by Crippen LogP contribution is -1.88. The molecular weight excluding hydrogens is 118 g/mol. The van der Waals surface area contributed by atoms with Crippen LogP contribution in [0.2, 0.25) is 0 Å². The van der Waals surface area contributed by atoms with Crippen LogP contribution in [0.5, 0.6) is 0 Å². The molecule has 0 fully saturated rings. The van der Waals surface area contributed by atoms with E-state index in [-0.39, 0.29) is 0 Å². The fourth-order valence-electron chi connectivity index (χ4n) is 0.532. The Hall–Kier alpha value is -1.06. The fraction of sp³-hybridized carbons (Fsp3) is 0.600. The first kappa shape index (κ1) is 6.07. The van der Waals surface area contributed by atoms with Crippen molar-refractivity contribution in [3.05, 3.63) is 11.9 Å². The minimum atomic E-state index is 0.325. The monoisotopic (exact) mass is 127 g/mol. The molecular formula is C5H9N3O. The fourth-order valence-corrected chi connectivity index (χ4v) is 0.532. The summed E-state index contributed by atoms with van der Waals surface area (Å²) in [5.74, 6) is 0.325. The summed E-state index contributed by atoms with van der Waals surface area (Å²) in [5, 5.41) is 15.7. The second-order valence-corrected chi connectivity index (χ2v) is 2.22. The Kier molecular flexibility index (Phi) is 1.38. The topological polar surface area (TPSA) is 50.9 Å². The van der Waals surface area contributed by atoms with Crippen molar-refractivity contribution in [1.82, 2.24) is 15.2 Å².